The van der Waals surface area contributed by atoms with Gasteiger partial charge in [-0.3, -0.25) is 14.8 Å². The fourth-order valence-electron chi connectivity index (χ4n) is 4.41. The van der Waals surface area contributed by atoms with E-state index in [1.54, 1.807) is 0 Å². The quantitative estimate of drug-likeness (QED) is 0.781. The summed E-state index contributed by atoms with van der Waals surface area (Å²) >= 11 is 0. The first-order valence-corrected chi connectivity index (χ1v) is 10.3. The van der Waals surface area contributed by atoms with E-state index in [9.17, 15) is 0 Å². The van der Waals surface area contributed by atoms with E-state index < -0.39 is 0 Å². The van der Waals surface area contributed by atoms with Crippen molar-refractivity contribution in [3.8, 4) is 0 Å². The fourth-order valence-corrected chi connectivity index (χ4v) is 4.41. The molecule has 0 aliphatic carbocycles. The highest BCUT2D eigenvalue weighted by Crippen LogP contribution is 2.23. The molecule has 4 rings (SSSR count). The van der Waals surface area contributed by atoms with Gasteiger partial charge in [0, 0.05) is 25.5 Å². The zero-order chi connectivity index (χ0) is 17.6. The summed E-state index contributed by atoms with van der Waals surface area (Å²) in [7, 11) is 0. The van der Waals surface area contributed by atoms with Crippen LogP contribution in [0.5, 0.6) is 0 Å². The Morgan fingerprint density at radius 2 is 1.23 bits per heavy atom. The SMILES string of the molecule is c1cc(CN2CCC(Cc3ccc(CN4CCCC4)cc3)CC2)ccn1. The molecule has 1 aromatic heterocycles. The lowest BCUT2D eigenvalue weighted by atomic mass is 9.90. The van der Waals surface area contributed by atoms with Crippen LogP contribution in [0, 0.1) is 5.92 Å². The summed E-state index contributed by atoms with van der Waals surface area (Å²) in [5.74, 6) is 0.841. The summed E-state index contributed by atoms with van der Waals surface area (Å²) in [6.07, 6.45) is 10.4. The molecule has 3 nitrogen and oxygen atoms in total. The molecule has 0 N–H and O–H groups in total. The normalized spacial score (nSPS) is 19.8. The Morgan fingerprint density at radius 1 is 0.692 bits per heavy atom. The summed E-state index contributed by atoms with van der Waals surface area (Å²) in [6.45, 7) is 7.20. The van der Waals surface area contributed by atoms with Crippen molar-refractivity contribution in [1.82, 2.24) is 14.8 Å². The number of hydrogen-bond donors (Lipinski definition) is 0. The van der Waals surface area contributed by atoms with Gasteiger partial charge in [-0.1, -0.05) is 24.3 Å². The maximum Gasteiger partial charge on any atom is 0.0271 e. The molecule has 1 aromatic carbocycles. The van der Waals surface area contributed by atoms with Crippen LogP contribution in [-0.4, -0.2) is 41.0 Å². The van der Waals surface area contributed by atoms with E-state index in [1.165, 1.54) is 75.0 Å². The van der Waals surface area contributed by atoms with E-state index in [0.29, 0.717) is 0 Å². The Morgan fingerprint density at radius 3 is 1.88 bits per heavy atom. The van der Waals surface area contributed by atoms with Crippen molar-refractivity contribution < 1.29 is 0 Å². The van der Waals surface area contributed by atoms with Crippen LogP contribution in [0.4, 0.5) is 0 Å². The summed E-state index contributed by atoms with van der Waals surface area (Å²) < 4.78 is 0. The number of rotatable bonds is 6. The van der Waals surface area contributed by atoms with Crippen molar-refractivity contribution in [3.63, 3.8) is 0 Å². The number of aromatic nitrogens is 1. The molecule has 2 aliphatic rings. The van der Waals surface area contributed by atoms with Gasteiger partial charge in [0.05, 0.1) is 0 Å². The van der Waals surface area contributed by atoms with Crippen molar-refractivity contribution in [2.24, 2.45) is 5.92 Å². The van der Waals surface area contributed by atoms with Gasteiger partial charge >= 0.3 is 0 Å². The van der Waals surface area contributed by atoms with Crippen LogP contribution in [0.2, 0.25) is 0 Å². The van der Waals surface area contributed by atoms with Crippen LogP contribution in [0.3, 0.4) is 0 Å². The average molecular weight is 350 g/mol. The molecule has 138 valence electrons. The van der Waals surface area contributed by atoms with Gasteiger partial charge in [-0.15, -0.1) is 0 Å². The summed E-state index contributed by atoms with van der Waals surface area (Å²) in [5, 5.41) is 0. The van der Waals surface area contributed by atoms with Gasteiger partial charge in [0.25, 0.3) is 0 Å². The first-order chi connectivity index (χ1) is 12.8. The Hall–Kier alpha value is -1.71. The third-order valence-electron chi connectivity index (χ3n) is 6.01. The maximum atomic E-state index is 4.11. The molecule has 26 heavy (non-hydrogen) atoms. The molecule has 2 aliphatic heterocycles. The van der Waals surface area contributed by atoms with Gasteiger partial charge in [-0.05, 0) is 93.0 Å². The molecule has 0 radical (unpaired) electrons. The van der Waals surface area contributed by atoms with Crippen molar-refractivity contribution in [3.05, 3.63) is 65.5 Å². The lowest BCUT2D eigenvalue weighted by Gasteiger charge is -2.32. The molecule has 0 saturated carbocycles. The second-order valence-corrected chi connectivity index (χ2v) is 8.08. The van der Waals surface area contributed by atoms with E-state index in [1.807, 2.05) is 12.4 Å². The Bertz CT molecular complexity index is 654. The van der Waals surface area contributed by atoms with Gasteiger partial charge in [0.2, 0.25) is 0 Å². The van der Waals surface area contributed by atoms with Crippen LogP contribution >= 0.6 is 0 Å². The van der Waals surface area contributed by atoms with E-state index in [4.69, 9.17) is 0 Å². The van der Waals surface area contributed by atoms with Crippen LogP contribution < -0.4 is 0 Å². The number of hydrogen-bond acceptors (Lipinski definition) is 3. The lowest BCUT2D eigenvalue weighted by molar-refractivity contribution is 0.177. The third-order valence-corrected chi connectivity index (χ3v) is 6.01. The van der Waals surface area contributed by atoms with Crippen LogP contribution in [0.15, 0.2) is 48.8 Å². The number of pyridine rings is 1. The van der Waals surface area contributed by atoms with Crippen LogP contribution in [0.25, 0.3) is 0 Å². The highest BCUT2D eigenvalue weighted by molar-refractivity contribution is 5.23. The average Bonchev–Trinajstić information content (AvgIpc) is 3.19. The minimum absolute atomic E-state index is 0.841. The number of nitrogens with zero attached hydrogens (tertiary/aromatic N) is 3. The zero-order valence-electron chi connectivity index (χ0n) is 15.8. The molecular formula is C23H31N3. The molecule has 0 spiro atoms. The second-order valence-electron chi connectivity index (χ2n) is 8.08. The molecule has 3 heteroatoms. The van der Waals surface area contributed by atoms with Crippen molar-refractivity contribution in [2.75, 3.05) is 26.2 Å². The van der Waals surface area contributed by atoms with E-state index in [0.717, 1.165) is 19.0 Å². The maximum absolute atomic E-state index is 4.11. The summed E-state index contributed by atoms with van der Waals surface area (Å²) in [6, 6.07) is 13.7. The number of likely N-dealkylation sites (tertiary alicyclic amines) is 2. The molecule has 2 aromatic rings. The molecule has 0 atom stereocenters. The predicted octanol–water partition coefficient (Wildman–Crippen LogP) is 4.13. The van der Waals surface area contributed by atoms with Gasteiger partial charge in [-0.2, -0.15) is 0 Å². The first-order valence-electron chi connectivity index (χ1n) is 10.3. The highest BCUT2D eigenvalue weighted by Gasteiger charge is 2.19. The first kappa shape index (κ1) is 17.7. The summed E-state index contributed by atoms with van der Waals surface area (Å²) in [5.41, 5.74) is 4.37. The third kappa shape index (κ3) is 4.93. The molecular weight excluding hydrogens is 318 g/mol. The van der Waals surface area contributed by atoms with E-state index in [-0.39, 0.29) is 0 Å². The van der Waals surface area contributed by atoms with E-state index in [2.05, 4.69) is 51.2 Å². The molecule has 0 unspecified atom stereocenters. The molecule has 3 heterocycles. The Labute approximate surface area is 158 Å². The fraction of sp³-hybridized carbons (Fsp3) is 0.522. The Kier molecular flexibility index (Phi) is 5.98. The predicted molar refractivity (Wildman–Crippen MR) is 107 cm³/mol. The van der Waals surface area contributed by atoms with Gasteiger partial charge in [-0.25, -0.2) is 0 Å². The van der Waals surface area contributed by atoms with Crippen molar-refractivity contribution in [1.29, 1.82) is 0 Å². The number of benzene rings is 1. The number of piperidine rings is 1. The van der Waals surface area contributed by atoms with Crippen molar-refractivity contribution >= 4 is 0 Å². The molecule has 0 amide bonds. The smallest absolute Gasteiger partial charge is 0.0271 e. The largest absolute Gasteiger partial charge is 0.299 e. The summed E-state index contributed by atoms with van der Waals surface area (Å²) in [4.78, 5) is 9.28. The molecule has 2 fully saturated rings. The zero-order valence-corrected chi connectivity index (χ0v) is 15.8. The van der Waals surface area contributed by atoms with Gasteiger partial charge in [0.1, 0.15) is 0 Å². The Balaban J connectivity index is 1.22. The van der Waals surface area contributed by atoms with Crippen LogP contribution in [0.1, 0.15) is 42.4 Å². The van der Waals surface area contributed by atoms with Crippen molar-refractivity contribution in [2.45, 2.75) is 45.2 Å². The minimum Gasteiger partial charge on any atom is -0.299 e. The second kappa shape index (κ2) is 8.79. The highest BCUT2D eigenvalue weighted by atomic mass is 15.1. The van der Waals surface area contributed by atoms with E-state index >= 15 is 0 Å². The lowest BCUT2D eigenvalue weighted by Crippen LogP contribution is -2.33. The van der Waals surface area contributed by atoms with Crippen LogP contribution in [-0.2, 0) is 19.5 Å². The van der Waals surface area contributed by atoms with Gasteiger partial charge in [0.15, 0.2) is 0 Å². The minimum atomic E-state index is 0.841. The monoisotopic (exact) mass is 349 g/mol. The molecule has 2 saturated heterocycles. The van der Waals surface area contributed by atoms with Gasteiger partial charge < -0.3 is 0 Å². The molecule has 0 bridgehead atoms. The topological polar surface area (TPSA) is 19.4 Å². The standard InChI is InChI=1S/C23H31N3/c1-2-14-25(13-1)18-22-5-3-20(4-6-22)17-21-9-15-26(16-10-21)19-23-7-11-24-12-8-23/h3-8,11-12,21H,1-2,9-10,13-19H2.